The average molecular weight is 231 g/mol. The molecular weight excluding hydrogens is 224 g/mol. The summed E-state index contributed by atoms with van der Waals surface area (Å²) in [5.74, 6) is 0.506. The van der Waals surface area contributed by atoms with E-state index in [0.717, 1.165) is 11.3 Å². The first-order valence-electron chi connectivity index (χ1n) is 4.76. The Kier molecular flexibility index (Phi) is 2.08. The highest BCUT2D eigenvalue weighted by atomic mass is 35.5. The predicted octanol–water partition coefficient (Wildman–Crippen LogP) is 2.44. The van der Waals surface area contributed by atoms with Crippen LogP contribution in [0.25, 0.3) is 17.0 Å². The molecule has 0 atom stereocenters. The fraction of sp³-hybridized carbons (Fsp3) is 0. The molecule has 0 amide bonds. The Morgan fingerprint density at radius 3 is 2.75 bits per heavy atom. The second-order valence-electron chi connectivity index (χ2n) is 3.30. The lowest BCUT2D eigenvalue weighted by Crippen LogP contribution is -1.94. The van der Waals surface area contributed by atoms with Crippen LogP contribution >= 0.6 is 11.6 Å². The summed E-state index contributed by atoms with van der Waals surface area (Å²) >= 11 is 6.07. The molecule has 0 N–H and O–H groups in total. The highest BCUT2D eigenvalue weighted by Gasteiger charge is 2.06. The zero-order chi connectivity index (χ0) is 11.0. The summed E-state index contributed by atoms with van der Waals surface area (Å²) in [6, 6.07) is 11.6. The number of hydrogen-bond donors (Lipinski definition) is 0. The molecule has 0 spiro atoms. The number of benzene rings is 1. The second-order valence-corrected chi connectivity index (χ2v) is 3.69. The minimum absolute atomic E-state index is 0.501. The van der Waals surface area contributed by atoms with Crippen molar-refractivity contribution in [1.29, 1.82) is 0 Å². The van der Waals surface area contributed by atoms with Crippen LogP contribution in [0.15, 0.2) is 42.7 Å². The fourth-order valence-electron chi connectivity index (χ4n) is 1.53. The predicted molar refractivity (Wildman–Crippen MR) is 61.2 cm³/mol. The van der Waals surface area contributed by atoms with Crippen LogP contribution in [0.2, 0.25) is 5.15 Å². The summed E-state index contributed by atoms with van der Waals surface area (Å²) < 4.78 is 1.49. The van der Waals surface area contributed by atoms with Crippen LogP contribution in [-0.2, 0) is 0 Å². The van der Waals surface area contributed by atoms with E-state index in [-0.39, 0.29) is 0 Å². The van der Waals surface area contributed by atoms with Gasteiger partial charge in [0.05, 0.1) is 5.69 Å². The van der Waals surface area contributed by atoms with Crippen LogP contribution in [0.5, 0.6) is 0 Å². The van der Waals surface area contributed by atoms with Gasteiger partial charge in [0.15, 0.2) is 0 Å². The number of halogens is 1. The lowest BCUT2D eigenvalue weighted by molar-refractivity contribution is 0.941. The first-order chi connectivity index (χ1) is 7.84. The van der Waals surface area contributed by atoms with Crippen molar-refractivity contribution in [2.45, 2.75) is 0 Å². The first kappa shape index (κ1) is 9.30. The molecule has 0 radical (unpaired) electrons. The van der Waals surface area contributed by atoms with E-state index in [4.69, 9.17) is 11.6 Å². The maximum atomic E-state index is 6.07. The summed E-state index contributed by atoms with van der Waals surface area (Å²) in [7, 11) is 0. The summed E-state index contributed by atoms with van der Waals surface area (Å²) in [6.07, 6.45) is 1.43. The van der Waals surface area contributed by atoms with Crippen LogP contribution in [0.1, 0.15) is 0 Å². The lowest BCUT2D eigenvalue weighted by atomic mass is 10.1. The fourth-order valence-corrected chi connectivity index (χ4v) is 1.76. The normalized spacial score (nSPS) is 10.8. The van der Waals surface area contributed by atoms with Crippen LogP contribution < -0.4 is 0 Å². The van der Waals surface area contributed by atoms with E-state index in [9.17, 15) is 0 Å². The number of fused-ring (bicyclic) bond motifs is 1. The van der Waals surface area contributed by atoms with Crippen LogP contribution in [0, 0.1) is 0 Å². The molecule has 16 heavy (non-hydrogen) atoms. The molecule has 0 fully saturated rings. The summed E-state index contributed by atoms with van der Waals surface area (Å²) in [5, 5.41) is 4.47. The van der Waals surface area contributed by atoms with Gasteiger partial charge in [0.25, 0.3) is 5.78 Å². The van der Waals surface area contributed by atoms with Gasteiger partial charge in [-0.15, -0.1) is 0 Å². The van der Waals surface area contributed by atoms with Gasteiger partial charge < -0.3 is 0 Å². The third kappa shape index (κ3) is 1.44. The number of aromatic nitrogens is 4. The van der Waals surface area contributed by atoms with Crippen molar-refractivity contribution in [3.63, 3.8) is 0 Å². The Hall–Kier alpha value is -1.94. The lowest BCUT2D eigenvalue weighted by Gasteiger charge is -2.02. The van der Waals surface area contributed by atoms with E-state index in [1.54, 1.807) is 6.07 Å². The van der Waals surface area contributed by atoms with E-state index in [1.807, 2.05) is 30.3 Å². The molecule has 0 aliphatic rings. The largest absolute Gasteiger partial charge is 0.254 e. The Labute approximate surface area is 96.5 Å². The van der Waals surface area contributed by atoms with Crippen molar-refractivity contribution < 1.29 is 0 Å². The van der Waals surface area contributed by atoms with Gasteiger partial charge in [-0.1, -0.05) is 41.9 Å². The zero-order valence-corrected chi connectivity index (χ0v) is 8.96. The molecule has 0 aliphatic carbocycles. The molecule has 0 bridgehead atoms. The van der Waals surface area contributed by atoms with Crippen molar-refractivity contribution in [3.8, 4) is 11.3 Å². The SMILES string of the molecule is Clc1cc(-c2ccccc2)nc2ncnn12. The third-order valence-corrected chi connectivity index (χ3v) is 2.55. The number of hydrogen-bond acceptors (Lipinski definition) is 3. The van der Waals surface area contributed by atoms with Gasteiger partial charge in [-0.3, -0.25) is 0 Å². The van der Waals surface area contributed by atoms with E-state index < -0.39 is 0 Å². The number of nitrogens with zero attached hydrogens (tertiary/aromatic N) is 4. The highest BCUT2D eigenvalue weighted by Crippen LogP contribution is 2.20. The van der Waals surface area contributed by atoms with Gasteiger partial charge in [0.2, 0.25) is 0 Å². The number of rotatable bonds is 1. The van der Waals surface area contributed by atoms with Crippen molar-refractivity contribution >= 4 is 17.4 Å². The minimum atomic E-state index is 0.501. The summed E-state index contributed by atoms with van der Waals surface area (Å²) in [6.45, 7) is 0. The third-order valence-electron chi connectivity index (χ3n) is 2.28. The molecule has 0 unspecified atom stereocenters. The van der Waals surface area contributed by atoms with Crippen molar-refractivity contribution in [3.05, 3.63) is 47.9 Å². The summed E-state index contributed by atoms with van der Waals surface area (Å²) in [5.41, 5.74) is 1.81. The average Bonchev–Trinajstić information content (AvgIpc) is 2.79. The molecule has 1 aromatic carbocycles. The van der Waals surface area contributed by atoms with Crippen molar-refractivity contribution in [1.82, 2.24) is 19.6 Å². The van der Waals surface area contributed by atoms with Gasteiger partial charge >= 0.3 is 0 Å². The Morgan fingerprint density at radius 2 is 1.94 bits per heavy atom. The van der Waals surface area contributed by atoms with Gasteiger partial charge in [-0.05, 0) is 0 Å². The Balaban J connectivity index is 2.25. The monoisotopic (exact) mass is 230 g/mol. The topological polar surface area (TPSA) is 43.1 Å². The standard InChI is InChI=1S/C11H7ClN4/c12-10-6-9(8-4-2-1-3-5-8)15-11-13-7-14-16(10)11/h1-7H. The molecule has 78 valence electrons. The molecule has 5 heteroatoms. The van der Waals surface area contributed by atoms with Crippen LogP contribution in [0.4, 0.5) is 0 Å². The molecule has 0 aliphatic heterocycles. The van der Waals surface area contributed by atoms with Crippen LogP contribution in [-0.4, -0.2) is 19.6 Å². The quantitative estimate of drug-likeness (QED) is 0.603. The molecular formula is C11H7ClN4. The first-order valence-corrected chi connectivity index (χ1v) is 5.14. The molecule has 3 aromatic rings. The Morgan fingerprint density at radius 1 is 1.12 bits per heavy atom. The highest BCUT2D eigenvalue weighted by molar-refractivity contribution is 6.29. The van der Waals surface area contributed by atoms with Gasteiger partial charge in [0.1, 0.15) is 11.5 Å². The van der Waals surface area contributed by atoms with Crippen molar-refractivity contribution in [2.24, 2.45) is 0 Å². The molecule has 0 saturated carbocycles. The second kappa shape index (κ2) is 3.57. The van der Waals surface area contributed by atoms with Crippen molar-refractivity contribution in [2.75, 3.05) is 0 Å². The molecule has 3 rings (SSSR count). The smallest absolute Gasteiger partial charge is 0.211 e. The maximum Gasteiger partial charge on any atom is 0.254 e. The van der Waals surface area contributed by atoms with Gasteiger partial charge in [0, 0.05) is 11.6 Å². The van der Waals surface area contributed by atoms with E-state index >= 15 is 0 Å². The minimum Gasteiger partial charge on any atom is -0.211 e. The Bertz CT molecular complexity index is 633. The maximum absolute atomic E-state index is 6.07. The van der Waals surface area contributed by atoms with Crippen LogP contribution in [0.3, 0.4) is 0 Å². The molecule has 2 heterocycles. The van der Waals surface area contributed by atoms with Gasteiger partial charge in [-0.2, -0.15) is 14.6 Å². The summed E-state index contributed by atoms with van der Waals surface area (Å²) in [4.78, 5) is 8.39. The zero-order valence-electron chi connectivity index (χ0n) is 8.21. The van der Waals surface area contributed by atoms with Gasteiger partial charge in [-0.25, -0.2) is 4.98 Å². The molecule has 4 nitrogen and oxygen atoms in total. The molecule has 0 saturated heterocycles. The molecule has 2 aromatic heterocycles. The van der Waals surface area contributed by atoms with E-state index in [2.05, 4.69) is 15.1 Å². The van der Waals surface area contributed by atoms with E-state index in [1.165, 1.54) is 10.8 Å². The van der Waals surface area contributed by atoms with E-state index in [0.29, 0.717) is 10.9 Å².